The van der Waals surface area contributed by atoms with E-state index in [-0.39, 0.29) is 135 Å². The first-order valence-electron chi connectivity index (χ1n) is 47.1. The Hall–Kier alpha value is -15.7. The van der Waals surface area contributed by atoms with Crippen molar-refractivity contribution in [1.82, 2.24) is 60.0 Å². The highest BCUT2D eigenvalue weighted by atomic mass is 16.7. The molecule has 4 unspecified atom stereocenters. The minimum atomic E-state index is -1.71. The van der Waals surface area contributed by atoms with E-state index in [1.807, 2.05) is 13.8 Å². The van der Waals surface area contributed by atoms with E-state index < -0.39 is 171 Å². The first-order valence-corrected chi connectivity index (χ1v) is 47.1. The number of rotatable bonds is 45. The lowest BCUT2D eigenvalue weighted by Crippen LogP contribution is -2.62. The molecule has 0 aliphatic carbocycles. The number of azide groups is 2. The number of hydrogen-bond donors (Lipinski definition) is 0. The van der Waals surface area contributed by atoms with E-state index in [0.29, 0.717) is 22.6 Å². The Kier molecular flexibility index (Phi) is 36.0. The van der Waals surface area contributed by atoms with Gasteiger partial charge in [-0.15, -0.1) is 20.4 Å². The van der Waals surface area contributed by atoms with Crippen molar-refractivity contribution in [3.63, 3.8) is 0 Å². The number of hydrogen-bond acceptors (Lipinski definition) is 36. The predicted octanol–water partition coefficient (Wildman–Crippen LogP) is 12.1. The fourth-order valence-electron chi connectivity index (χ4n) is 16.8. The average Bonchev–Trinajstić information content (AvgIpc) is 0.874. The maximum atomic E-state index is 14.3. The largest absolute Gasteiger partial charge is 0.456 e. The van der Waals surface area contributed by atoms with E-state index in [1.54, 1.807) is 248 Å². The zero-order valence-corrected chi connectivity index (χ0v) is 79.5. The van der Waals surface area contributed by atoms with Crippen LogP contribution in [0.5, 0.6) is 0 Å². The molecule has 16 rings (SSSR count). The Morgan fingerprint density at radius 1 is 0.281 bits per heavy atom. The second-order valence-electron chi connectivity index (χ2n) is 34.6. The number of nitrogens with zero attached hydrogens (tertiary/aromatic N) is 18. The molecular weight excluding hydrogens is 1890 g/mol. The van der Waals surface area contributed by atoms with Crippen LogP contribution in [0.15, 0.2) is 278 Å². The van der Waals surface area contributed by atoms with E-state index in [0.717, 1.165) is 0 Å². The molecular formula is C102H104N18O26. The highest BCUT2D eigenvalue weighted by Gasteiger charge is 2.56. The Morgan fingerprint density at radius 3 is 0.890 bits per heavy atom. The maximum absolute atomic E-state index is 14.3. The Morgan fingerprint density at radius 2 is 0.534 bits per heavy atom. The Labute approximate surface area is 835 Å². The number of benzene rings is 8. The van der Waals surface area contributed by atoms with Crippen LogP contribution in [0.25, 0.3) is 20.9 Å². The van der Waals surface area contributed by atoms with E-state index in [2.05, 4.69) is 61.3 Å². The summed E-state index contributed by atoms with van der Waals surface area (Å²) in [5, 5.41) is 42.4. The lowest BCUT2D eigenvalue weighted by Gasteiger charge is -2.44. The second kappa shape index (κ2) is 51.0. The Bertz CT molecular complexity index is 6400. The van der Waals surface area contributed by atoms with Crippen LogP contribution in [0.1, 0.15) is 133 Å². The molecule has 8 heterocycles. The molecule has 0 N–H and O–H groups in total. The number of aromatic nitrogens is 12. The summed E-state index contributed by atoms with van der Waals surface area (Å²) < 4.78 is 120. The minimum absolute atomic E-state index is 0.0348. The SMILES string of the molecule is CC1[C@@H](Cn2cc(CO[C@@H]3O[C@H](CN=[N+]=[N-])C(OC(=O)c4ccccc4)[C@H](C)[C@@H]3C)nn2)O[C@@H](OCc2cn(CCOCCOCCn3cc(CO[C@@H]4O[C@H](Cn5cc(CO[C@@H]6O[C@H](CN=[N+]=[N-])C(OC(=O)c7ccccc7)[C@H](OC(=O)c7ccccc7)[C@@H]6OC(=O)c6ccccc6)nn5)C(OC(=O)c5ccccc5)[C@H](OC(=O)c5ccccc5)[C@@H]4C)nn3)nn2)[C@@H](OC(=O)c2ccccc2)[C@H]1OC(=O)c1ccccc1. The summed E-state index contributed by atoms with van der Waals surface area (Å²) in [6.07, 6.45) is -13.8. The van der Waals surface area contributed by atoms with Crippen molar-refractivity contribution in [2.45, 2.75) is 179 Å². The monoisotopic (exact) mass is 2000 g/mol. The molecule has 758 valence electrons. The van der Waals surface area contributed by atoms with Gasteiger partial charge >= 0.3 is 47.8 Å². The molecule has 0 amide bonds. The van der Waals surface area contributed by atoms with Crippen LogP contribution >= 0.6 is 0 Å². The summed E-state index contributed by atoms with van der Waals surface area (Å²) in [5.74, 6) is -8.33. The van der Waals surface area contributed by atoms with Crippen molar-refractivity contribution >= 4 is 47.8 Å². The van der Waals surface area contributed by atoms with Gasteiger partial charge in [0.15, 0.2) is 55.7 Å². The first kappa shape index (κ1) is 103. The third-order valence-electron chi connectivity index (χ3n) is 24.6. The molecule has 4 aromatic heterocycles. The number of ether oxygens (including phenoxy) is 18. The molecule has 0 radical (unpaired) electrons. The molecule has 4 aliphatic rings. The van der Waals surface area contributed by atoms with Gasteiger partial charge in [-0.25, -0.2) is 57.1 Å². The molecule has 8 aromatic carbocycles. The highest BCUT2D eigenvalue weighted by Crippen LogP contribution is 2.40. The van der Waals surface area contributed by atoms with E-state index in [9.17, 15) is 49.4 Å². The molecule has 0 bridgehead atoms. The smallest absolute Gasteiger partial charge is 0.338 e. The van der Waals surface area contributed by atoms with Gasteiger partial charge in [0.2, 0.25) is 0 Å². The van der Waals surface area contributed by atoms with Crippen molar-refractivity contribution in [2.75, 3.05) is 39.5 Å². The first-order chi connectivity index (χ1) is 71.2. The lowest BCUT2D eigenvalue weighted by molar-refractivity contribution is -0.295. The van der Waals surface area contributed by atoms with Gasteiger partial charge in [-0.05, 0) is 108 Å². The third-order valence-corrected chi connectivity index (χ3v) is 24.6. The van der Waals surface area contributed by atoms with Crippen molar-refractivity contribution in [2.24, 2.45) is 33.9 Å². The minimum Gasteiger partial charge on any atom is -0.456 e. The standard InChI is InChI=1S/C102H104N18O26/c1-63-64(2)99(135-79(51-105-111-103)83(63)139-91(121)67-29-13-5-14-30-67)131-60-77-55-119(115-109-77)57-81-65(3)84(140-92(122)68-31-15-6-16-32-68)89(145-97(127)73-41-25-11-26-42-73)101(137-81)133-61-76-54-118(114-108-76)46-48-130-50-49-129-47-45-117-53-75(107-113-117)59-132-100-66(4)85(141-93(123)69-33-17-7-18-34-69)87(143-95(125)71-37-21-9-22-38-71)82(138-100)58-120-56-78(110-116-120)62-134-102-90(146-98(128)74-43-27-12-28-44-74)88(144-96(126)72-39-23-10-24-40-72)86(80(136-102)52-106-112-104)142-94(124)70-35-19-8-20-36-70/h5-44,53-56,63-66,79-90,99-102H,45-52,57-62H2,1-4H3/t63-,64+,65?,66+,79-,80-,81-,82-,83?,84+,85-,86?,87?,88+,89+,90+,99-,100-,101-,102-/m1/s1. The average molecular weight is 2000 g/mol. The maximum Gasteiger partial charge on any atom is 0.338 e. The van der Waals surface area contributed by atoms with Gasteiger partial charge in [-0.1, -0.05) is 204 Å². The van der Waals surface area contributed by atoms with Gasteiger partial charge < -0.3 is 85.3 Å². The molecule has 0 spiro atoms. The van der Waals surface area contributed by atoms with E-state index in [1.165, 1.54) is 52.0 Å². The molecule has 4 saturated heterocycles. The molecule has 4 fully saturated rings. The predicted molar refractivity (Wildman–Crippen MR) is 505 cm³/mol. The zero-order valence-electron chi connectivity index (χ0n) is 79.5. The van der Waals surface area contributed by atoms with Crippen molar-refractivity contribution in [1.29, 1.82) is 0 Å². The van der Waals surface area contributed by atoms with Gasteiger partial charge in [-0.2, -0.15) is 0 Å². The number of carbonyl (C=O) groups is 8. The van der Waals surface area contributed by atoms with Gasteiger partial charge in [0, 0.05) is 33.5 Å². The summed E-state index contributed by atoms with van der Waals surface area (Å²) in [5.41, 5.74) is 21.7. The zero-order chi connectivity index (χ0) is 102. The molecule has 0 saturated carbocycles. The fourth-order valence-corrected chi connectivity index (χ4v) is 16.8. The quantitative estimate of drug-likeness (QED) is 0.00854. The van der Waals surface area contributed by atoms with Crippen LogP contribution in [0.3, 0.4) is 0 Å². The summed E-state index contributed by atoms with van der Waals surface area (Å²) in [7, 11) is 0. The van der Waals surface area contributed by atoms with Gasteiger partial charge in [0.25, 0.3) is 0 Å². The van der Waals surface area contributed by atoms with Gasteiger partial charge in [0.05, 0.1) is 168 Å². The van der Waals surface area contributed by atoms with Gasteiger partial charge in [-0.3, -0.25) is 0 Å². The van der Waals surface area contributed by atoms with Crippen LogP contribution in [0.2, 0.25) is 0 Å². The fraction of sp³-hybridized carbons (Fsp3) is 0.373. The normalized spacial score (nSPS) is 23.7. The van der Waals surface area contributed by atoms with E-state index >= 15 is 0 Å². The Balaban J connectivity index is 0.542. The summed E-state index contributed by atoms with van der Waals surface area (Å²) >= 11 is 0. The lowest BCUT2D eigenvalue weighted by atomic mass is 9.84. The molecule has 4 aliphatic heterocycles. The summed E-state index contributed by atoms with van der Waals surface area (Å²) in [6, 6.07) is 65.3. The second-order valence-corrected chi connectivity index (χ2v) is 34.6. The van der Waals surface area contributed by atoms with Crippen LogP contribution in [-0.2, 0) is 138 Å². The van der Waals surface area contributed by atoms with Crippen LogP contribution < -0.4 is 0 Å². The third kappa shape index (κ3) is 27.4. The number of carbonyl (C=O) groups excluding carboxylic acids is 8. The molecule has 44 heteroatoms. The number of esters is 8. The molecule has 20 atom stereocenters. The molecule has 146 heavy (non-hydrogen) atoms. The van der Waals surface area contributed by atoms with Gasteiger partial charge in [0.1, 0.15) is 59.4 Å². The van der Waals surface area contributed by atoms with Crippen LogP contribution in [-0.4, -0.2) is 246 Å². The molecule has 44 nitrogen and oxygen atoms in total. The summed E-state index contributed by atoms with van der Waals surface area (Å²) in [4.78, 5) is 118. The van der Waals surface area contributed by atoms with E-state index in [4.69, 9.17) is 85.3 Å². The topological polar surface area (TPSA) is 523 Å². The van der Waals surface area contributed by atoms with Crippen LogP contribution in [0, 0.1) is 23.7 Å². The molecule has 12 aromatic rings. The highest BCUT2D eigenvalue weighted by molar-refractivity contribution is 5.94. The van der Waals surface area contributed by atoms with Crippen molar-refractivity contribution in [3.05, 3.63) is 356 Å². The van der Waals surface area contributed by atoms with Crippen molar-refractivity contribution < 1.29 is 124 Å². The van der Waals surface area contributed by atoms with Crippen LogP contribution in [0.4, 0.5) is 0 Å². The summed E-state index contributed by atoms with van der Waals surface area (Å²) in [6.45, 7) is 6.87. The van der Waals surface area contributed by atoms with Crippen molar-refractivity contribution in [3.8, 4) is 0 Å².